The van der Waals surface area contributed by atoms with Crippen LogP contribution in [0.5, 0.6) is 0 Å². The fourth-order valence-corrected chi connectivity index (χ4v) is 3.58. The molecule has 2 heterocycles. The topological polar surface area (TPSA) is 88.5 Å². The molecule has 1 fully saturated rings. The van der Waals surface area contributed by atoms with Gasteiger partial charge < -0.3 is 10.3 Å². The Morgan fingerprint density at radius 1 is 1.28 bits per heavy atom. The van der Waals surface area contributed by atoms with E-state index >= 15 is 0 Å². The first-order chi connectivity index (χ1) is 12.2. The first-order valence-corrected chi connectivity index (χ1v) is 8.78. The van der Waals surface area contributed by atoms with E-state index in [1.807, 2.05) is 18.2 Å². The van der Waals surface area contributed by atoms with Gasteiger partial charge in [-0.15, -0.1) is 5.10 Å². The molecule has 1 aromatic carbocycles. The molecule has 1 saturated carbocycles. The largest absolute Gasteiger partial charge is 0.350 e. The number of hydrogen-bond acceptors (Lipinski definition) is 4. The zero-order valence-electron chi connectivity index (χ0n) is 14.3. The number of para-hydroxylation sites is 2. The molecule has 0 aliphatic heterocycles. The quantitative estimate of drug-likeness (QED) is 0.764. The van der Waals surface area contributed by atoms with Gasteiger partial charge in [0.25, 0.3) is 5.91 Å². The Morgan fingerprint density at radius 2 is 2.08 bits per heavy atom. The molecule has 2 aromatic heterocycles. The van der Waals surface area contributed by atoms with E-state index < -0.39 is 0 Å². The lowest BCUT2D eigenvalue weighted by Gasteiger charge is -2.27. The number of aromatic nitrogens is 5. The van der Waals surface area contributed by atoms with Crippen molar-refractivity contribution in [2.24, 2.45) is 13.0 Å². The van der Waals surface area contributed by atoms with E-state index in [1.54, 1.807) is 13.2 Å². The van der Waals surface area contributed by atoms with Gasteiger partial charge in [0.1, 0.15) is 5.82 Å². The molecule has 0 bridgehead atoms. The molecule has 1 aliphatic rings. The molecule has 7 heteroatoms. The zero-order valence-corrected chi connectivity index (χ0v) is 14.3. The van der Waals surface area contributed by atoms with Crippen LogP contribution in [0.15, 0.2) is 30.5 Å². The van der Waals surface area contributed by atoms with Crippen LogP contribution in [0.4, 0.5) is 0 Å². The van der Waals surface area contributed by atoms with Crippen molar-refractivity contribution in [3.05, 3.63) is 42.0 Å². The number of aryl methyl sites for hydroxylation is 1. The molecule has 1 aliphatic carbocycles. The highest BCUT2D eigenvalue weighted by atomic mass is 16.2. The zero-order chi connectivity index (χ0) is 17.2. The number of nitrogens with zero attached hydrogens (tertiary/aromatic N) is 4. The molecule has 1 amide bonds. The summed E-state index contributed by atoms with van der Waals surface area (Å²) in [5.74, 6) is 1.95. The highest BCUT2D eigenvalue weighted by molar-refractivity contribution is 5.91. The summed E-state index contributed by atoms with van der Waals surface area (Å²) in [7, 11) is 1.75. The maximum Gasteiger partial charge on any atom is 0.273 e. The molecule has 0 saturated heterocycles. The van der Waals surface area contributed by atoms with Crippen molar-refractivity contribution in [1.29, 1.82) is 0 Å². The Kier molecular flexibility index (Phi) is 4.21. The van der Waals surface area contributed by atoms with Crippen LogP contribution in [-0.2, 0) is 7.05 Å². The molecule has 130 valence electrons. The van der Waals surface area contributed by atoms with Gasteiger partial charge in [0.15, 0.2) is 5.69 Å². The highest BCUT2D eigenvalue weighted by Crippen LogP contribution is 2.34. The number of fused-ring (bicyclic) bond motifs is 1. The van der Waals surface area contributed by atoms with Crippen LogP contribution in [-0.4, -0.2) is 37.4 Å². The minimum atomic E-state index is -0.146. The summed E-state index contributed by atoms with van der Waals surface area (Å²) in [5.41, 5.74) is 2.52. The van der Waals surface area contributed by atoms with Gasteiger partial charge in [0.2, 0.25) is 0 Å². The maximum absolute atomic E-state index is 12.0. The van der Waals surface area contributed by atoms with Crippen molar-refractivity contribution in [1.82, 2.24) is 30.3 Å². The molecule has 0 atom stereocenters. The van der Waals surface area contributed by atoms with Crippen LogP contribution in [0.1, 0.15) is 47.9 Å². The molecule has 25 heavy (non-hydrogen) atoms. The van der Waals surface area contributed by atoms with Crippen molar-refractivity contribution in [3.8, 4) is 0 Å². The maximum atomic E-state index is 12.0. The summed E-state index contributed by atoms with van der Waals surface area (Å²) < 4.78 is 1.54. The molecular weight excluding hydrogens is 316 g/mol. The number of benzene rings is 1. The minimum Gasteiger partial charge on any atom is -0.350 e. The average molecular weight is 338 g/mol. The van der Waals surface area contributed by atoms with E-state index in [4.69, 9.17) is 4.98 Å². The average Bonchev–Trinajstić information content (AvgIpc) is 3.26. The number of nitrogens with one attached hydrogen (secondary N) is 2. The highest BCUT2D eigenvalue weighted by Gasteiger charge is 2.25. The standard InChI is InChI=1S/C18H22N6O/c1-24-11-16(22-23-24)18(25)19-10-12-6-8-13(9-7-12)17-20-14-4-2-3-5-15(14)21-17/h2-5,11-13H,6-10H2,1H3,(H,19,25)(H,20,21). The Hall–Kier alpha value is -2.70. The van der Waals surface area contributed by atoms with Crippen LogP contribution in [0.25, 0.3) is 11.0 Å². The number of hydrogen-bond donors (Lipinski definition) is 2. The third kappa shape index (κ3) is 3.40. The summed E-state index contributed by atoms with van der Waals surface area (Å²) in [6, 6.07) is 8.16. The van der Waals surface area contributed by atoms with Crippen LogP contribution >= 0.6 is 0 Å². The van der Waals surface area contributed by atoms with E-state index in [1.165, 1.54) is 4.68 Å². The lowest BCUT2D eigenvalue weighted by atomic mass is 9.81. The van der Waals surface area contributed by atoms with E-state index in [9.17, 15) is 4.79 Å². The van der Waals surface area contributed by atoms with E-state index in [0.717, 1.165) is 42.5 Å². The van der Waals surface area contributed by atoms with Gasteiger partial charge in [-0.3, -0.25) is 9.48 Å². The number of imidazole rings is 1. The van der Waals surface area contributed by atoms with Crippen molar-refractivity contribution in [2.75, 3.05) is 6.54 Å². The molecule has 4 rings (SSSR count). The molecular formula is C18H22N6O. The lowest BCUT2D eigenvalue weighted by molar-refractivity contribution is 0.0937. The fraction of sp³-hybridized carbons (Fsp3) is 0.444. The van der Waals surface area contributed by atoms with Gasteiger partial charge in [-0.25, -0.2) is 4.98 Å². The van der Waals surface area contributed by atoms with E-state index in [-0.39, 0.29) is 5.91 Å². The van der Waals surface area contributed by atoms with Gasteiger partial charge in [0.05, 0.1) is 17.2 Å². The van der Waals surface area contributed by atoms with Gasteiger partial charge in [-0.05, 0) is 43.7 Å². The molecule has 7 nitrogen and oxygen atoms in total. The lowest BCUT2D eigenvalue weighted by Crippen LogP contribution is -2.31. The van der Waals surface area contributed by atoms with Crippen molar-refractivity contribution < 1.29 is 4.79 Å². The number of H-pyrrole nitrogens is 1. The second kappa shape index (κ2) is 6.66. The van der Waals surface area contributed by atoms with Crippen LogP contribution in [0.2, 0.25) is 0 Å². The number of carbonyl (C=O) groups is 1. The summed E-state index contributed by atoms with van der Waals surface area (Å²) in [4.78, 5) is 20.2. The molecule has 0 radical (unpaired) electrons. The second-order valence-electron chi connectivity index (χ2n) is 6.84. The number of aromatic amines is 1. The Labute approximate surface area is 145 Å². The van der Waals surface area contributed by atoms with Crippen LogP contribution in [0.3, 0.4) is 0 Å². The Morgan fingerprint density at radius 3 is 2.80 bits per heavy atom. The Bertz CT molecular complexity index is 841. The molecule has 0 spiro atoms. The van der Waals surface area contributed by atoms with Gasteiger partial charge in [-0.2, -0.15) is 0 Å². The van der Waals surface area contributed by atoms with E-state index in [2.05, 4.69) is 26.7 Å². The first kappa shape index (κ1) is 15.8. The van der Waals surface area contributed by atoms with Crippen molar-refractivity contribution >= 4 is 16.9 Å². The van der Waals surface area contributed by atoms with Gasteiger partial charge >= 0.3 is 0 Å². The van der Waals surface area contributed by atoms with Crippen LogP contribution < -0.4 is 5.32 Å². The summed E-state index contributed by atoms with van der Waals surface area (Å²) in [6.07, 6.45) is 6.04. The summed E-state index contributed by atoms with van der Waals surface area (Å²) in [5, 5.41) is 10.6. The molecule has 0 unspecified atom stereocenters. The minimum absolute atomic E-state index is 0.146. The van der Waals surface area contributed by atoms with Crippen molar-refractivity contribution in [3.63, 3.8) is 0 Å². The fourth-order valence-electron chi connectivity index (χ4n) is 3.58. The normalized spacial score (nSPS) is 20.7. The summed E-state index contributed by atoms with van der Waals surface area (Å²) >= 11 is 0. The molecule has 3 aromatic rings. The SMILES string of the molecule is Cn1cc(C(=O)NCC2CCC(c3nc4ccccc4[nH]3)CC2)nn1. The smallest absolute Gasteiger partial charge is 0.273 e. The number of carbonyl (C=O) groups excluding carboxylic acids is 1. The Balaban J connectivity index is 1.30. The van der Waals surface area contributed by atoms with Gasteiger partial charge in [-0.1, -0.05) is 17.3 Å². The predicted octanol–water partition coefficient (Wildman–Crippen LogP) is 2.40. The monoisotopic (exact) mass is 338 g/mol. The van der Waals surface area contributed by atoms with Crippen molar-refractivity contribution in [2.45, 2.75) is 31.6 Å². The number of amides is 1. The molecule has 2 N–H and O–H groups in total. The van der Waals surface area contributed by atoms with Gasteiger partial charge in [0, 0.05) is 19.5 Å². The third-order valence-corrected chi connectivity index (χ3v) is 5.03. The number of rotatable bonds is 4. The van der Waals surface area contributed by atoms with E-state index in [0.29, 0.717) is 24.1 Å². The second-order valence-corrected chi connectivity index (χ2v) is 6.84. The first-order valence-electron chi connectivity index (χ1n) is 8.78. The predicted molar refractivity (Wildman–Crippen MR) is 94.1 cm³/mol. The summed E-state index contributed by atoms with van der Waals surface area (Å²) in [6.45, 7) is 0.697. The third-order valence-electron chi connectivity index (χ3n) is 5.03. The van der Waals surface area contributed by atoms with Crippen LogP contribution in [0, 0.1) is 5.92 Å².